The van der Waals surface area contributed by atoms with Crippen molar-refractivity contribution in [2.45, 2.75) is 57.5 Å². The number of hydrogen-bond donors (Lipinski definition) is 1. The summed E-state index contributed by atoms with van der Waals surface area (Å²) in [6, 6.07) is 4.23. The van der Waals surface area contributed by atoms with E-state index in [0.29, 0.717) is 37.9 Å². The van der Waals surface area contributed by atoms with Gasteiger partial charge in [-0.15, -0.1) is 0 Å². The van der Waals surface area contributed by atoms with E-state index in [1.54, 1.807) is 17.3 Å². The highest BCUT2D eigenvalue weighted by Crippen LogP contribution is 2.27. The third-order valence-electron chi connectivity index (χ3n) is 6.31. The molecule has 3 aliphatic rings. The molecule has 29 heavy (non-hydrogen) atoms. The summed E-state index contributed by atoms with van der Waals surface area (Å²) < 4.78 is 0. The molecule has 1 saturated carbocycles. The highest BCUT2D eigenvalue weighted by molar-refractivity contribution is 5.89. The Labute approximate surface area is 171 Å². The molecule has 1 aliphatic carbocycles. The van der Waals surface area contributed by atoms with E-state index < -0.39 is 0 Å². The minimum Gasteiger partial charge on any atom is -0.353 e. The monoisotopic (exact) mass is 398 g/mol. The van der Waals surface area contributed by atoms with Crippen LogP contribution in [0.4, 0.5) is 0 Å². The number of pyridine rings is 1. The second-order valence-corrected chi connectivity index (χ2v) is 8.69. The Kier molecular flexibility index (Phi) is 6.11. The Hall–Kier alpha value is -2.44. The largest absolute Gasteiger partial charge is 0.353 e. The predicted octanol–water partition coefficient (Wildman–Crippen LogP) is 1.73. The fourth-order valence-electron chi connectivity index (χ4n) is 4.37. The Bertz CT molecular complexity index is 742. The third kappa shape index (κ3) is 5.34. The number of hydrogen-bond acceptors (Lipinski definition) is 4. The van der Waals surface area contributed by atoms with E-state index in [0.717, 1.165) is 50.8 Å². The summed E-state index contributed by atoms with van der Waals surface area (Å²) in [6.07, 6.45) is 9.41. The number of nitrogens with zero attached hydrogens (tertiary/aromatic N) is 3. The molecule has 1 aromatic heterocycles. The second kappa shape index (κ2) is 8.93. The van der Waals surface area contributed by atoms with Crippen molar-refractivity contribution in [3.63, 3.8) is 0 Å². The van der Waals surface area contributed by atoms with Crippen molar-refractivity contribution in [2.24, 2.45) is 11.8 Å². The van der Waals surface area contributed by atoms with Gasteiger partial charge in [-0.25, -0.2) is 0 Å². The zero-order valence-electron chi connectivity index (χ0n) is 16.9. The average molecular weight is 399 g/mol. The average Bonchev–Trinajstić information content (AvgIpc) is 3.48. The lowest BCUT2D eigenvalue weighted by Crippen LogP contribution is -2.42. The fourth-order valence-corrected chi connectivity index (χ4v) is 4.37. The summed E-state index contributed by atoms with van der Waals surface area (Å²) in [5.74, 6) is 0.598. The maximum absolute atomic E-state index is 12.9. The van der Waals surface area contributed by atoms with Crippen molar-refractivity contribution in [1.29, 1.82) is 0 Å². The van der Waals surface area contributed by atoms with Crippen molar-refractivity contribution in [3.8, 4) is 0 Å². The molecule has 1 atom stereocenters. The van der Waals surface area contributed by atoms with Crippen LogP contribution in [0.25, 0.3) is 0 Å². The molecule has 3 amide bonds. The van der Waals surface area contributed by atoms with Crippen molar-refractivity contribution in [2.75, 3.05) is 19.6 Å². The molecule has 1 aromatic rings. The van der Waals surface area contributed by atoms with Gasteiger partial charge in [-0.2, -0.15) is 0 Å². The highest BCUT2D eigenvalue weighted by atomic mass is 16.2. The number of likely N-dealkylation sites (tertiary alicyclic amines) is 2. The number of carbonyl (C=O) groups excluding carboxylic acids is 3. The lowest BCUT2D eigenvalue weighted by Gasteiger charge is -2.33. The van der Waals surface area contributed by atoms with Gasteiger partial charge in [0.25, 0.3) is 0 Å². The maximum Gasteiger partial charge on any atom is 0.227 e. The molecule has 0 bridgehead atoms. The molecular weight excluding hydrogens is 368 g/mol. The van der Waals surface area contributed by atoms with Gasteiger partial charge in [0.1, 0.15) is 0 Å². The predicted molar refractivity (Wildman–Crippen MR) is 107 cm³/mol. The van der Waals surface area contributed by atoms with Crippen LogP contribution in [-0.4, -0.2) is 58.2 Å². The molecule has 0 spiro atoms. The summed E-state index contributed by atoms with van der Waals surface area (Å²) in [5, 5.41) is 3.04. The molecule has 1 N–H and O–H groups in total. The van der Waals surface area contributed by atoms with E-state index in [1.807, 2.05) is 17.0 Å². The first kappa shape index (κ1) is 19.9. The molecule has 0 unspecified atom stereocenters. The van der Waals surface area contributed by atoms with Gasteiger partial charge < -0.3 is 15.1 Å². The molecule has 7 heteroatoms. The van der Waals surface area contributed by atoms with Gasteiger partial charge in [-0.3, -0.25) is 19.4 Å². The summed E-state index contributed by atoms with van der Waals surface area (Å²) >= 11 is 0. The van der Waals surface area contributed by atoms with Crippen LogP contribution in [-0.2, 0) is 20.9 Å². The zero-order chi connectivity index (χ0) is 20.2. The molecule has 2 aliphatic heterocycles. The van der Waals surface area contributed by atoms with Crippen LogP contribution in [0.3, 0.4) is 0 Å². The van der Waals surface area contributed by atoms with Crippen molar-refractivity contribution in [1.82, 2.24) is 20.1 Å². The lowest BCUT2D eigenvalue weighted by molar-refractivity contribution is -0.137. The van der Waals surface area contributed by atoms with E-state index in [9.17, 15) is 14.4 Å². The van der Waals surface area contributed by atoms with Crippen molar-refractivity contribution >= 4 is 17.7 Å². The lowest BCUT2D eigenvalue weighted by atomic mass is 9.91. The SMILES string of the molecule is O=C(CCC1CCN(C(=O)[C@@H]2CC(=O)N(Cc3cccnc3)C2)CC1)NC1CC1. The van der Waals surface area contributed by atoms with Gasteiger partial charge in [0, 0.05) is 57.5 Å². The van der Waals surface area contributed by atoms with E-state index in [4.69, 9.17) is 0 Å². The number of carbonyl (C=O) groups is 3. The summed E-state index contributed by atoms with van der Waals surface area (Å²) in [4.78, 5) is 44.9. The second-order valence-electron chi connectivity index (χ2n) is 8.69. The van der Waals surface area contributed by atoms with Gasteiger partial charge in [0.05, 0.1) is 5.92 Å². The maximum atomic E-state index is 12.9. The molecule has 3 heterocycles. The Morgan fingerprint density at radius 2 is 1.97 bits per heavy atom. The van der Waals surface area contributed by atoms with Crippen LogP contribution in [0.15, 0.2) is 24.5 Å². The van der Waals surface area contributed by atoms with Gasteiger partial charge in [0.2, 0.25) is 17.7 Å². The van der Waals surface area contributed by atoms with Crippen LogP contribution in [0.1, 0.15) is 50.5 Å². The molecular formula is C22H30N4O3. The van der Waals surface area contributed by atoms with Crippen LogP contribution in [0.5, 0.6) is 0 Å². The minimum absolute atomic E-state index is 0.0452. The molecule has 0 aromatic carbocycles. The van der Waals surface area contributed by atoms with Gasteiger partial charge in [-0.05, 0) is 49.7 Å². The third-order valence-corrected chi connectivity index (χ3v) is 6.31. The summed E-state index contributed by atoms with van der Waals surface area (Å²) in [6.45, 7) is 2.48. The quantitative estimate of drug-likeness (QED) is 0.758. The standard InChI is InChI=1S/C22H30N4O3/c27-20(24-19-4-5-19)6-3-16-7-10-25(11-8-16)22(29)18-12-21(28)26(15-18)14-17-2-1-9-23-13-17/h1-2,9,13,16,18-19H,3-8,10-12,14-15H2,(H,24,27)/t18-/m1/s1. The Balaban J connectivity index is 1.20. The van der Waals surface area contributed by atoms with Crippen molar-refractivity contribution in [3.05, 3.63) is 30.1 Å². The zero-order valence-corrected chi connectivity index (χ0v) is 16.9. The molecule has 0 radical (unpaired) electrons. The van der Waals surface area contributed by atoms with E-state index >= 15 is 0 Å². The number of amides is 3. The van der Waals surface area contributed by atoms with Crippen LogP contribution in [0.2, 0.25) is 0 Å². The number of aromatic nitrogens is 1. The normalized spacial score (nSPS) is 22.8. The topological polar surface area (TPSA) is 82.6 Å². The van der Waals surface area contributed by atoms with Crippen LogP contribution in [0, 0.1) is 11.8 Å². The minimum atomic E-state index is -0.236. The number of nitrogens with one attached hydrogen (secondary N) is 1. The highest BCUT2D eigenvalue weighted by Gasteiger charge is 2.37. The van der Waals surface area contributed by atoms with Gasteiger partial charge in [0.15, 0.2) is 0 Å². The molecule has 156 valence electrons. The molecule has 7 nitrogen and oxygen atoms in total. The Morgan fingerprint density at radius 1 is 1.17 bits per heavy atom. The van der Waals surface area contributed by atoms with Gasteiger partial charge >= 0.3 is 0 Å². The van der Waals surface area contributed by atoms with Gasteiger partial charge in [-0.1, -0.05) is 6.07 Å². The molecule has 3 fully saturated rings. The first-order valence-electron chi connectivity index (χ1n) is 10.8. The fraction of sp³-hybridized carbons (Fsp3) is 0.636. The Morgan fingerprint density at radius 3 is 2.66 bits per heavy atom. The first-order valence-corrected chi connectivity index (χ1v) is 10.8. The number of rotatable bonds is 7. The van der Waals surface area contributed by atoms with E-state index in [-0.39, 0.29) is 23.6 Å². The summed E-state index contributed by atoms with van der Waals surface area (Å²) in [5.41, 5.74) is 0.987. The van der Waals surface area contributed by atoms with Crippen LogP contribution >= 0.6 is 0 Å². The molecule has 2 saturated heterocycles. The smallest absolute Gasteiger partial charge is 0.227 e. The van der Waals surface area contributed by atoms with E-state index in [2.05, 4.69) is 10.3 Å². The number of piperidine rings is 1. The van der Waals surface area contributed by atoms with Crippen LogP contribution < -0.4 is 5.32 Å². The van der Waals surface area contributed by atoms with E-state index in [1.165, 1.54) is 0 Å². The summed E-state index contributed by atoms with van der Waals surface area (Å²) in [7, 11) is 0. The molecule has 4 rings (SSSR count). The first-order chi connectivity index (χ1) is 14.1. The van der Waals surface area contributed by atoms with Crippen molar-refractivity contribution < 1.29 is 14.4 Å².